The van der Waals surface area contributed by atoms with E-state index < -0.39 is 11.6 Å². The van der Waals surface area contributed by atoms with Crippen LogP contribution < -0.4 is 5.32 Å². The van der Waals surface area contributed by atoms with Gasteiger partial charge in [-0.2, -0.15) is 0 Å². The summed E-state index contributed by atoms with van der Waals surface area (Å²) in [4.78, 5) is 41.6. The largest absolute Gasteiger partial charge is 0.350 e. The highest BCUT2D eigenvalue weighted by atomic mass is 16.7. The SMILES string of the molecule is CC(C)(C)C1CCC2(CC1)NC(=O)N(CC(=O)N1CCCC(C3OCCO3)C1)C2=O. The summed E-state index contributed by atoms with van der Waals surface area (Å²) < 4.78 is 11.2. The molecule has 3 heterocycles. The summed E-state index contributed by atoms with van der Waals surface area (Å²) in [6, 6.07) is -0.432. The second kappa shape index (κ2) is 8.11. The van der Waals surface area contributed by atoms with Gasteiger partial charge in [-0.15, -0.1) is 0 Å². The maximum atomic E-state index is 13.2. The van der Waals surface area contributed by atoms with E-state index in [9.17, 15) is 14.4 Å². The standard InChI is InChI=1S/C22H35N3O5/c1-21(2,3)16-6-8-22(9-7-16)19(27)25(20(28)23-22)14-17(26)24-10-4-5-15(13-24)18-29-11-12-30-18/h15-16,18H,4-14H2,1-3H3,(H,23,28). The van der Waals surface area contributed by atoms with Crippen molar-refractivity contribution in [2.24, 2.45) is 17.3 Å². The van der Waals surface area contributed by atoms with Gasteiger partial charge in [0.25, 0.3) is 5.91 Å². The molecule has 3 saturated heterocycles. The van der Waals surface area contributed by atoms with Gasteiger partial charge in [0.1, 0.15) is 12.1 Å². The molecular weight excluding hydrogens is 386 g/mol. The highest BCUT2D eigenvalue weighted by Crippen LogP contribution is 2.43. The Labute approximate surface area is 178 Å². The smallest absolute Gasteiger partial charge is 0.325 e. The van der Waals surface area contributed by atoms with Crippen molar-refractivity contribution in [1.82, 2.24) is 15.1 Å². The van der Waals surface area contributed by atoms with Crippen LogP contribution in [-0.4, -0.2) is 72.3 Å². The molecule has 4 rings (SSSR count). The van der Waals surface area contributed by atoms with Gasteiger partial charge >= 0.3 is 6.03 Å². The Balaban J connectivity index is 1.36. The fraction of sp³-hybridized carbons (Fsp3) is 0.864. The van der Waals surface area contributed by atoms with Crippen molar-refractivity contribution in [3.8, 4) is 0 Å². The van der Waals surface area contributed by atoms with Crippen molar-refractivity contribution in [1.29, 1.82) is 0 Å². The van der Waals surface area contributed by atoms with E-state index in [0.717, 1.165) is 30.6 Å². The number of nitrogens with one attached hydrogen (secondary N) is 1. The molecule has 8 heteroatoms. The fourth-order valence-corrected chi connectivity index (χ4v) is 5.48. The van der Waals surface area contributed by atoms with E-state index in [1.165, 1.54) is 0 Å². The average Bonchev–Trinajstić information content (AvgIpc) is 3.32. The molecule has 0 radical (unpaired) electrons. The molecule has 0 aromatic rings. The first-order valence-corrected chi connectivity index (χ1v) is 11.3. The molecule has 1 unspecified atom stereocenters. The van der Waals surface area contributed by atoms with Crippen LogP contribution in [0.5, 0.6) is 0 Å². The summed E-state index contributed by atoms with van der Waals surface area (Å²) in [6.07, 6.45) is 4.68. The molecule has 0 bridgehead atoms. The summed E-state index contributed by atoms with van der Waals surface area (Å²) in [5.41, 5.74) is -0.629. The van der Waals surface area contributed by atoms with Gasteiger partial charge in [-0.1, -0.05) is 20.8 Å². The Morgan fingerprint density at radius 3 is 2.43 bits per heavy atom. The van der Waals surface area contributed by atoms with Gasteiger partial charge in [0.15, 0.2) is 6.29 Å². The van der Waals surface area contributed by atoms with Gasteiger partial charge in [-0.05, 0) is 49.9 Å². The van der Waals surface area contributed by atoms with Gasteiger partial charge in [0, 0.05) is 19.0 Å². The lowest BCUT2D eigenvalue weighted by atomic mass is 9.67. The van der Waals surface area contributed by atoms with E-state index in [1.807, 2.05) is 0 Å². The first-order valence-electron chi connectivity index (χ1n) is 11.3. The molecule has 1 N–H and O–H groups in total. The molecule has 168 valence electrons. The average molecular weight is 422 g/mol. The molecule has 0 aromatic heterocycles. The number of nitrogens with zero attached hydrogens (tertiary/aromatic N) is 2. The number of carbonyl (C=O) groups is 3. The number of hydrogen-bond acceptors (Lipinski definition) is 5. The lowest BCUT2D eigenvalue weighted by Crippen LogP contribution is -2.51. The first kappa shape index (κ1) is 21.6. The van der Waals surface area contributed by atoms with Gasteiger partial charge in [-0.3, -0.25) is 14.5 Å². The van der Waals surface area contributed by atoms with Crippen molar-refractivity contribution >= 4 is 17.8 Å². The van der Waals surface area contributed by atoms with Crippen LogP contribution in [-0.2, 0) is 19.1 Å². The van der Waals surface area contributed by atoms with Crippen molar-refractivity contribution in [2.45, 2.75) is 71.1 Å². The third kappa shape index (κ3) is 4.08. The van der Waals surface area contributed by atoms with Crippen LogP contribution in [0, 0.1) is 17.3 Å². The van der Waals surface area contributed by atoms with E-state index in [2.05, 4.69) is 26.1 Å². The Morgan fingerprint density at radius 1 is 1.13 bits per heavy atom. The lowest BCUT2D eigenvalue weighted by molar-refractivity contribution is -0.144. The van der Waals surface area contributed by atoms with Crippen LogP contribution >= 0.6 is 0 Å². The number of likely N-dealkylation sites (tertiary alicyclic amines) is 1. The molecule has 1 aliphatic carbocycles. The minimum Gasteiger partial charge on any atom is -0.350 e. The summed E-state index contributed by atoms with van der Waals surface area (Å²) in [5.74, 6) is 0.270. The maximum Gasteiger partial charge on any atom is 0.325 e. The molecule has 30 heavy (non-hydrogen) atoms. The van der Waals surface area contributed by atoms with Crippen molar-refractivity contribution < 1.29 is 23.9 Å². The second-order valence-corrected chi connectivity index (χ2v) is 10.4. The lowest BCUT2D eigenvalue weighted by Gasteiger charge is -2.40. The first-order chi connectivity index (χ1) is 14.2. The van der Waals surface area contributed by atoms with Crippen molar-refractivity contribution in [3.63, 3.8) is 0 Å². The number of carbonyl (C=O) groups excluding carboxylic acids is 3. The minimum absolute atomic E-state index is 0.146. The van der Waals surface area contributed by atoms with Gasteiger partial charge < -0.3 is 19.7 Å². The number of urea groups is 1. The number of rotatable bonds is 3. The van der Waals surface area contributed by atoms with Crippen LogP contribution in [0.2, 0.25) is 0 Å². The molecule has 1 atom stereocenters. The molecule has 1 spiro atoms. The summed E-state index contributed by atoms with van der Waals surface area (Å²) >= 11 is 0. The molecule has 4 aliphatic rings. The normalized spacial score (nSPS) is 33.4. The number of amides is 4. The van der Waals surface area contributed by atoms with Crippen LogP contribution in [0.3, 0.4) is 0 Å². The number of ether oxygens (including phenoxy) is 2. The van der Waals surface area contributed by atoms with Gasteiger partial charge in [0.05, 0.1) is 13.2 Å². The Hall–Kier alpha value is -1.67. The van der Waals surface area contributed by atoms with Crippen molar-refractivity contribution in [2.75, 3.05) is 32.8 Å². The predicted octanol–water partition coefficient (Wildman–Crippen LogP) is 2.12. The monoisotopic (exact) mass is 421 g/mol. The Morgan fingerprint density at radius 2 is 1.80 bits per heavy atom. The Kier molecular flexibility index (Phi) is 5.83. The van der Waals surface area contributed by atoms with E-state index in [4.69, 9.17) is 9.47 Å². The van der Waals surface area contributed by atoms with Crippen LogP contribution in [0.25, 0.3) is 0 Å². The maximum absolute atomic E-state index is 13.2. The zero-order valence-corrected chi connectivity index (χ0v) is 18.4. The zero-order chi connectivity index (χ0) is 21.5. The molecule has 0 aromatic carbocycles. The van der Waals surface area contributed by atoms with Crippen LogP contribution in [0.4, 0.5) is 4.79 Å². The van der Waals surface area contributed by atoms with Crippen LogP contribution in [0.15, 0.2) is 0 Å². The van der Waals surface area contributed by atoms with Gasteiger partial charge in [-0.25, -0.2) is 4.79 Å². The molecule has 4 fully saturated rings. The third-order valence-electron chi connectivity index (χ3n) is 7.45. The fourth-order valence-electron chi connectivity index (χ4n) is 5.48. The highest BCUT2D eigenvalue weighted by Gasteiger charge is 2.53. The highest BCUT2D eigenvalue weighted by molar-refractivity contribution is 6.09. The quantitative estimate of drug-likeness (QED) is 0.706. The number of hydrogen-bond donors (Lipinski definition) is 1. The zero-order valence-electron chi connectivity index (χ0n) is 18.4. The topological polar surface area (TPSA) is 88.2 Å². The second-order valence-electron chi connectivity index (χ2n) is 10.4. The third-order valence-corrected chi connectivity index (χ3v) is 7.45. The van der Waals surface area contributed by atoms with Crippen LogP contribution in [0.1, 0.15) is 59.3 Å². The summed E-state index contributed by atoms with van der Waals surface area (Å²) in [5, 5.41) is 2.93. The number of piperidine rings is 1. The van der Waals surface area contributed by atoms with Gasteiger partial charge in [0.2, 0.25) is 5.91 Å². The molecule has 1 saturated carbocycles. The van der Waals surface area contributed by atoms with E-state index >= 15 is 0 Å². The molecule has 3 aliphatic heterocycles. The minimum atomic E-state index is -0.824. The molecule has 8 nitrogen and oxygen atoms in total. The number of imide groups is 1. The van der Waals surface area contributed by atoms with Crippen molar-refractivity contribution in [3.05, 3.63) is 0 Å². The Bertz CT molecular complexity index is 689. The van der Waals surface area contributed by atoms with E-state index in [0.29, 0.717) is 45.1 Å². The predicted molar refractivity (Wildman–Crippen MR) is 109 cm³/mol. The molecular formula is C22H35N3O5. The van der Waals surface area contributed by atoms with E-state index in [1.54, 1.807) is 4.90 Å². The van der Waals surface area contributed by atoms with E-state index in [-0.39, 0.29) is 36.0 Å². The summed E-state index contributed by atoms with van der Waals surface area (Å²) in [6.45, 7) is 8.87. The summed E-state index contributed by atoms with van der Waals surface area (Å²) in [7, 11) is 0. The molecule has 4 amide bonds.